The summed E-state index contributed by atoms with van der Waals surface area (Å²) in [4.78, 5) is 4.68. The van der Waals surface area contributed by atoms with Crippen LogP contribution in [-0.2, 0) is 0 Å². The first-order valence-electron chi connectivity index (χ1n) is 23.2. The van der Waals surface area contributed by atoms with E-state index in [4.69, 9.17) is 0 Å². The Hall–Kier alpha value is -8.98. The van der Waals surface area contributed by atoms with Crippen LogP contribution in [0.3, 0.4) is 0 Å². The van der Waals surface area contributed by atoms with Gasteiger partial charge in [0, 0.05) is 34.1 Å². The molecule has 0 atom stereocenters. The summed E-state index contributed by atoms with van der Waals surface area (Å²) in [5, 5.41) is 4.88. The fourth-order valence-corrected chi connectivity index (χ4v) is 8.97. The van der Waals surface area contributed by atoms with Crippen LogP contribution in [0.1, 0.15) is 22.3 Å². The number of benzene rings is 11. The van der Waals surface area contributed by atoms with Crippen molar-refractivity contribution in [3.05, 3.63) is 289 Å². The number of anilines is 6. The summed E-state index contributed by atoms with van der Waals surface area (Å²) in [5.74, 6) is 0. The summed E-state index contributed by atoms with van der Waals surface area (Å²) < 4.78 is 0. The van der Waals surface area contributed by atoms with Gasteiger partial charge in [-0.3, -0.25) is 0 Å². The Bertz CT molecular complexity index is 3260. The molecule has 2 heteroatoms. The van der Waals surface area contributed by atoms with Crippen molar-refractivity contribution >= 4 is 80.0 Å². The summed E-state index contributed by atoms with van der Waals surface area (Å²) in [6, 6.07) is 95.8. The van der Waals surface area contributed by atoms with Crippen LogP contribution in [0, 0.1) is 0 Å². The van der Waals surface area contributed by atoms with Crippen LogP contribution in [0.5, 0.6) is 0 Å². The fourth-order valence-electron chi connectivity index (χ4n) is 8.97. The van der Waals surface area contributed by atoms with E-state index in [1.165, 1.54) is 54.9 Å². The second kappa shape index (κ2) is 19.2. The lowest BCUT2D eigenvalue weighted by molar-refractivity contribution is 1.29. The standard InChI is InChI=1S/C66H48N2/c1-3-11-49(12-4-1)19-21-51-23-37-61(38-24-51)67(65-45-35-53-15-7-9-17-59(53)47-65)63-41-31-57(32-42-63)55-27-29-56(30-28-55)58-33-43-64(44-34-58)68(66-46-36-54-16-8-10-18-60(54)48-66)62-39-25-52(26-40-62)22-20-50-13-5-2-6-14-50/h1-48H/b21-19+,22-20+. The van der Waals surface area contributed by atoms with E-state index in [0.717, 1.165) is 45.3 Å². The molecule has 2 nitrogen and oxygen atoms in total. The molecule has 0 bridgehead atoms. The minimum Gasteiger partial charge on any atom is -0.310 e. The minimum absolute atomic E-state index is 1.10. The summed E-state index contributed by atoms with van der Waals surface area (Å²) in [5.41, 5.74) is 16.0. The second-order valence-electron chi connectivity index (χ2n) is 17.1. The molecule has 0 fully saturated rings. The van der Waals surface area contributed by atoms with Crippen molar-refractivity contribution < 1.29 is 0 Å². The van der Waals surface area contributed by atoms with Crippen LogP contribution in [-0.4, -0.2) is 0 Å². The Labute approximate surface area is 399 Å². The highest BCUT2D eigenvalue weighted by atomic mass is 15.1. The van der Waals surface area contributed by atoms with E-state index in [-0.39, 0.29) is 0 Å². The van der Waals surface area contributed by atoms with Crippen LogP contribution in [0.2, 0.25) is 0 Å². The zero-order chi connectivity index (χ0) is 45.5. The third kappa shape index (κ3) is 9.26. The van der Waals surface area contributed by atoms with Gasteiger partial charge in [0.05, 0.1) is 0 Å². The lowest BCUT2D eigenvalue weighted by atomic mass is 9.99. The van der Waals surface area contributed by atoms with E-state index in [1.807, 2.05) is 12.1 Å². The maximum absolute atomic E-state index is 2.34. The Morgan fingerprint density at radius 1 is 0.191 bits per heavy atom. The smallest absolute Gasteiger partial charge is 0.0468 e. The second-order valence-corrected chi connectivity index (χ2v) is 17.1. The number of rotatable bonds is 12. The molecule has 0 radical (unpaired) electrons. The maximum Gasteiger partial charge on any atom is 0.0468 e. The minimum atomic E-state index is 1.10. The molecule has 0 aliphatic carbocycles. The van der Waals surface area contributed by atoms with Gasteiger partial charge in [-0.05, 0) is 139 Å². The number of hydrogen-bond acceptors (Lipinski definition) is 2. The number of hydrogen-bond donors (Lipinski definition) is 0. The highest BCUT2D eigenvalue weighted by Crippen LogP contribution is 2.40. The lowest BCUT2D eigenvalue weighted by Crippen LogP contribution is -2.09. The third-order valence-corrected chi connectivity index (χ3v) is 12.6. The summed E-state index contributed by atoms with van der Waals surface area (Å²) in [6.07, 6.45) is 8.66. The number of fused-ring (bicyclic) bond motifs is 2. The molecule has 0 amide bonds. The summed E-state index contributed by atoms with van der Waals surface area (Å²) in [6.45, 7) is 0. The molecule has 0 aliphatic heterocycles. The quantitative estimate of drug-likeness (QED) is 0.113. The Morgan fingerprint density at radius 3 is 0.779 bits per heavy atom. The molecule has 11 aromatic rings. The predicted octanol–water partition coefficient (Wildman–Crippen LogP) is 18.6. The third-order valence-electron chi connectivity index (χ3n) is 12.6. The SMILES string of the molecule is C(=C\c1ccc(N(c2ccc(-c3ccc(-c4ccc(N(c5ccc(/C=C/c6ccccc6)cc5)c5ccc6ccccc6c5)cc4)cc3)cc2)c2ccc3ccccc3c2)cc1)/c1ccccc1. The van der Waals surface area contributed by atoms with Crippen molar-refractivity contribution in [2.24, 2.45) is 0 Å². The highest BCUT2D eigenvalue weighted by Gasteiger charge is 2.16. The molecule has 11 aromatic carbocycles. The van der Waals surface area contributed by atoms with Gasteiger partial charge < -0.3 is 9.80 Å². The van der Waals surface area contributed by atoms with E-state index >= 15 is 0 Å². The van der Waals surface area contributed by atoms with E-state index in [0.29, 0.717) is 0 Å². The molecule has 0 aliphatic rings. The predicted molar refractivity (Wildman–Crippen MR) is 292 cm³/mol. The van der Waals surface area contributed by atoms with Gasteiger partial charge >= 0.3 is 0 Å². The van der Waals surface area contributed by atoms with Gasteiger partial charge in [-0.2, -0.15) is 0 Å². The Morgan fingerprint density at radius 2 is 0.441 bits per heavy atom. The highest BCUT2D eigenvalue weighted by molar-refractivity contribution is 5.91. The zero-order valence-electron chi connectivity index (χ0n) is 37.6. The molecule has 0 unspecified atom stereocenters. The van der Waals surface area contributed by atoms with Crippen molar-refractivity contribution in [2.45, 2.75) is 0 Å². The van der Waals surface area contributed by atoms with Crippen molar-refractivity contribution in [3.8, 4) is 22.3 Å². The van der Waals surface area contributed by atoms with Gasteiger partial charge in [0.25, 0.3) is 0 Å². The first-order chi connectivity index (χ1) is 33.7. The Kier molecular flexibility index (Phi) is 11.8. The zero-order valence-corrected chi connectivity index (χ0v) is 37.6. The maximum atomic E-state index is 2.34. The molecular formula is C66H48N2. The first kappa shape index (κ1) is 41.7. The van der Waals surface area contributed by atoms with Crippen LogP contribution < -0.4 is 9.80 Å². The topological polar surface area (TPSA) is 6.48 Å². The average Bonchev–Trinajstić information content (AvgIpc) is 3.41. The molecule has 68 heavy (non-hydrogen) atoms. The van der Waals surface area contributed by atoms with Gasteiger partial charge in [-0.25, -0.2) is 0 Å². The van der Waals surface area contributed by atoms with Crippen molar-refractivity contribution in [1.82, 2.24) is 0 Å². The van der Waals surface area contributed by atoms with E-state index < -0.39 is 0 Å². The van der Waals surface area contributed by atoms with Crippen LogP contribution in [0.15, 0.2) is 267 Å². The monoisotopic (exact) mass is 868 g/mol. The van der Waals surface area contributed by atoms with Crippen molar-refractivity contribution in [2.75, 3.05) is 9.80 Å². The van der Waals surface area contributed by atoms with Crippen LogP contribution >= 0.6 is 0 Å². The van der Waals surface area contributed by atoms with Crippen LogP contribution in [0.25, 0.3) is 68.1 Å². The molecule has 0 saturated carbocycles. The van der Waals surface area contributed by atoms with Gasteiger partial charge in [-0.1, -0.05) is 218 Å². The molecule has 0 aromatic heterocycles. The van der Waals surface area contributed by atoms with Crippen molar-refractivity contribution in [1.29, 1.82) is 0 Å². The van der Waals surface area contributed by atoms with E-state index in [1.54, 1.807) is 0 Å². The van der Waals surface area contributed by atoms with Gasteiger partial charge in [0.15, 0.2) is 0 Å². The first-order valence-corrected chi connectivity index (χ1v) is 23.2. The molecule has 0 N–H and O–H groups in total. The number of nitrogens with zero attached hydrogens (tertiary/aromatic N) is 2. The van der Waals surface area contributed by atoms with Gasteiger partial charge in [0.1, 0.15) is 0 Å². The normalized spacial score (nSPS) is 11.4. The lowest BCUT2D eigenvalue weighted by Gasteiger charge is -2.26. The molecule has 0 heterocycles. The van der Waals surface area contributed by atoms with Gasteiger partial charge in [-0.15, -0.1) is 0 Å². The molecular weight excluding hydrogens is 821 g/mol. The largest absolute Gasteiger partial charge is 0.310 e. The van der Waals surface area contributed by atoms with Crippen LogP contribution in [0.4, 0.5) is 34.1 Å². The van der Waals surface area contributed by atoms with E-state index in [2.05, 4.69) is 289 Å². The molecule has 11 rings (SSSR count). The molecule has 322 valence electrons. The molecule has 0 saturated heterocycles. The fraction of sp³-hybridized carbons (Fsp3) is 0. The van der Waals surface area contributed by atoms with E-state index in [9.17, 15) is 0 Å². The van der Waals surface area contributed by atoms with Crippen molar-refractivity contribution in [3.63, 3.8) is 0 Å². The summed E-state index contributed by atoms with van der Waals surface area (Å²) in [7, 11) is 0. The Balaban J connectivity index is 0.847. The summed E-state index contributed by atoms with van der Waals surface area (Å²) >= 11 is 0. The molecule has 0 spiro atoms. The van der Waals surface area contributed by atoms with Gasteiger partial charge in [0.2, 0.25) is 0 Å². The average molecular weight is 869 g/mol.